The average molecular weight is 258 g/mol. The normalized spacial score (nSPS) is 19.6. The van der Waals surface area contributed by atoms with Crippen LogP contribution in [0.2, 0.25) is 0 Å². The number of fused-ring (bicyclic) bond motifs is 5. The summed E-state index contributed by atoms with van der Waals surface area (Å²) in [6, 6.07) is 0. The molecule has 0 aromatic carbocycles. The molecular formula is C13H14N4S. The molecule has 3 heterocycles. The molecule has 92 valence electrons. The first-order valence-electron chi connectivity index (χ1n) is 6.34. The molecule has 4 rings (SSSR count). The van der Waals surface area contributed by atoms with Gasteiger partial charge in [-0.2, -0.15) is 0 Å². The fraction of sp³-hybridized carbons (Fsp3) is 0.462. The first kappa shape index (κ1) is 10.4. The Morgan fingerprint density at radius 1 is 1.44 bits per heavy atom. The lowest BCUT2D eigenvalue weighted by molar-refractivity contribution is 0.509. The fourth-order valence-electron chi connectivity index (χ4n) is 2.89. The molecule has 1 aliphatic rings. The van der Waals surface area contributed by atoms with Crippen LogP contribution >= 0.6 is 11.3 Å². The molecule has 0 bridgehead atoms. The fourth-order valence-corrected chi connectivity index (χ4v) is 4.31. The van der Waals surface area contributed by atoms with Crippen LogP contribution in [0, 0.1) is 12.8 Å². The van der Waals surface area contributed by atoms with Crippen molar-refractivity contribution in [3.63, 3.8) is 0 Å². The largest absolute Gasteiger partial charge is 0.269 e. The van der Waals surface area contributed by atoms with E-state index in [1.165, 1.54) is 28.7 Å². The molecule has 0 fully saturated rings. The van der Waals surface area contributed by atoms with E-state index in [4.69, 9.17) is 4.98 Å². The lowest BCUT2D eigenvalue weighted by Crippen LogP contribution is -2.08. The van der Waals surface area contributed by atoms with Crippen molar-refractivity contribution in [3.8, 4) is 0 Å². The summed E-state index contributed by atoms with van der Waals surface area (Å²) in [5.41, 5.74) is 2.45. The van der Waals surface area contributed by atoms with Gasteiger partial charge in [0.25, 0.3) is 0 Å². The van der Waals surface area contributed by atoms with Gasteiger partial charge in [-0.25, -0.2) is 4.98 Å². The number of hydrogen-bond acceptors (Lipinski definition) is 4. The smallest absolute Gasteiger partial charge is 0.172 e. The van der Waals surface area contributed by atoms with Gasteiger partial charge in [-0.05, 0) is 37.7 Å². The highest BCUT2D eigenvalue weighted by molar-refractivity contribution is 7.19. The highest BCUT2D eigenvalue weighted by Gasteiger charge is 2.23. The molecular weight excluding hydrogens is 244 g/mol. The first-order valence-corrected chi connectivity index (χ1v) is 7.16. The van der Waals surface area contributed by atoms with E-state index in [1.54, 1.807) is 6.33 Å². The van der Waals surface area contributed by atoms with Gasteiger partial charge in [0.1, 0.15) is 17.0 Å². The van der Waals surface area contributed by atoms with Crippen molar-refractivity contribution >= 4 is 27.2 Å². The maximum atomic E-state index is 4.71. The molecule has 18 heavy (non-hydrogen) atoms. The van der Waals surface area contributed by atoms with E-state index in [-0.39, 0.29) is 0 Å². The maximum absolute atomic E-state index is 4.71. The van der Waals surface area contributed by atoms with E-state index in [2.05, 4.69) is 17.1 Å². The summed E-state index contributed by atoms with van der Waals surface area (Å²) in [7, 11) is 0. The number of aromatic nitrogens is 4. The van der Waals surface area contributed by atoms with E-state index in [0.29, 0.717) is 0 Å². The molecule has 1 aliphatic carbocycles. The van der Waals surface area contributed by atoms with Crippen LogP contribution in [0.25, 0.3) is 15.9 Å². The molecule has 0 saturated carbocycles. The Kier molecular flexibility index (Phi) is 2.03. The zero-order valence-electron chi connectivity index (χ0n) is 10.5. The first-order chi connectivity index (χ1) is 8.74. The second-order valence-corrected chi connectivity index (χ2v) is 6.30. The van der Waals surface area contributed by atoms with Crippen LogP contribution in [0.1, 0.15) is 29.6 Å². The molecule has 3 aromatic rings. The molecule has 0 N–H and O–H groups in total. The summed E-state index contributed by atoms with van der Waals surface area (Å²) in [6.07, 6.45) is 5.37. The number of nitrogens with zero attached hydrogens (tertiary/aromatic N) is 4. The van der Waals surface area contributed by atoms with E-state index < -0.39 is 0 Å². The molecule has 3 aromatic heterocycles. The summed E-state index contributed by atoms with van der Waals surface area (Å²) >= 11 is 1.84. The molecule has 0 amide bonds. The van der Waals surface area contributed by atoms with Crippen LogP contribution in [0.3, 0.4) is 0 Å². The van der Waals surface area contributed by atoms with Crippen molar-refractivity contribution in [1.29, 1.82) is 0 Å². The third-order valence-electron chi connectivity index (χ3n) is 3.88. The monoisotopic (exact) mass is 258 g/mol. The highest BCUT2D eigenvalue weighted by atomic mass is 32.1. The van der Waals surface area contributed by atoms with E-state index in [1.807, 2.05) is 22.7 Å². The molecule has 0 aliphatic heterocycles. The summed E-state index contributed by atoms with van der Waals surface area (Å²) in [5, 5.41) is 9.56. The zero-order valence-corrected chi connectivity index (χ0v) is 11.3. The van der Waals surface area contributed by atoms with Gasteiger partial charge in [0.2, 0.25) is 0 Å². The van der Waals surface area contributed by atoms with Gasteiger partial charge in [0.15, 0.2) is 5.65 Å². The zero-order chi connectivity index (χ0) is 12.3. The van der Waals surface area contributed by atoms with E-state index >= 15 is 0 Å². The van der Waals surface area contributed by atoms with Crippen LogP contribution in [0.15, 0.2) is 6.33 Å². The molecule has 5 heteroatoms. The predicted molar refractivity (Wildman–Crippen MR) is 72.1 cm³/mol. The predicted octanol–water partition coefficient (Wildman–Crippen LogP) is 2.77. The second kappa shape index (κ2) is 3.51. The Morgan fingerprint density at radius 2 is 2.33 bits per heavy atom. The van der Waals surface area contributed by atoms with Gasteiger partial charge in [-0.15, -0.1) is 21.5 Å². The van der Waals surface area contributed by atoms with E-state index in [0.717, 1.165) is 28.6 Å². The van der Waals surface area contributed by atoms with Gasteiger partial charge in [0, 0.05) is 4.88 Å². The third-order valence-corrected chi connectivity index (χ3v) is 5.02. The molecule has 1 unspecified atom stereocenters. The molecule has 0 radical (unpaired) electrons. The Labute approximate surface area is 109 Å². The van der Waals surface area contributed by atoms with Crippen LogP contribution in [-0.2, 0) is 12.8 Å². The van der Waals surface area contributed by atoms with Crippen LogP contribution in [0.5, 0.6) is 0 Å². The number of thiophene rings is 1. The van der Waals surface area contributed by atoms with Crippen molar-refractivity contribution in [2.75, 3.05) is 0 Å². The van der Waals surface area contributed by atoms with Gasteiger partial charge < -0.3 is 0 Å². The van der Waals surface area contributed by atoms with Gasteiger partial charge in [-0.1, -0.05) is 6.92 Å². The quantitative estimate of drug-likeness (QED) is 0.622. The van der Waals surface area contributed by atoms with Crippen molar-refractivity contribution in [2.24, 2.45) is 5.92 Å². The van der Waals surface area contributed by atoms with E-state index in [9.17, 15) is 0 Å². The van der Waals surface area contributed by atoms with Crippen molar-refractivity contribution in [1.82, 2.24) is 19.6 Å². The Hall–Kier alpha value is -1.49. The summed E-state index contributed by atoms with van der Waals surface area (Å²) in [4.78, 5) is 7.35. The number of aryl methyl sites for hydroxylation is 2. The minimum Gasteiger partial charge on any atom is -0.269 e. The summed E-state index contributed by atoms with van der Waals surface area (Å²) < 4.78 is 1.99. The average Bonchev–Trinajstić information content (AvgIpc) is 2.91. The Bertz CT molecular complexity index is 755. The third kappa shape index (κ3) is 1.28. The minimum absolute atomic E-state index is 0.792. The van der Waals surface area contributed by atoms with Gasteiger partial charge >= 0.3 is 0 Å². The topological polar surface area (TPSA) is 43.1 Å². The summed E-state index contributed by atoms with van der Waals surface area (Å²) in [6.45, 7) is 4.34. The Morgan fingerprint density at radius 3 is 3.22 bits per heavy atom. The molecule has 0 spiro atoms. The number of hydrogen-bond donors (Lipinski definition) is 0. The molecule has 4 nitrogen and oxygen atoms in total. The SMILES string of the molecule is Cc1nc2sc3c(c2c2nncn12)CCC(C)C3. The maximum Gasteiger partial charge on any atom is 0.172 e. The standard InChI is InChI=1S/C13H14N4S/c1-7-3-4-9-10(5-7)18-13-11(9)12-16-14-6-17(12)8(2)15-13/h6-7H,3-5H2,1-2H3. The van der Waals surface area contributed by atoms with Crippen LogP contribution in [-0.4, -0.2) is 19.6 Å². The van der Waals surface area contributed by atoms with Crippen molar-refractivity contribution < 1.29 is 0 Å². The highest BCUT2D eigenvalue weighted by Crippen LogP contribution is 2.38. The lowest BCUT2D eigenvalue weighted by Gasteiger charge is -2.17. The van der Waals surface area contributed by atoms with Crippen LogP contribution < -0.4 is 0 Å². The molecule has 1 atom stereocenters. The lowest BCUT2D eigenvalue weighted by atomic mass is 9.89. The summed E-state index contributed by atoms with van der Waals surface area (Å²) in [5.74, 6) is 1.76. The Balaban J connectivity index is 2.14. The van der Waals surface area contributed by atoms with Gasteiger partial charge in [-0.3, -0.25) is 4.40 Å². The molecule has 0 saturated heterocycles. The minimum atomic E-state index is 0.792. The second-order valence-electron chi connectivity index (χ2n) is 5.22. The van der Waals surface area contributed by atoms with Crippen molar-refractivity contribution in [2.45, 2.75) is 33.1 Å². The number of rotatable bonds is 0. The van der Waals surface area contributed by atoms with Crippen LogP contribution in [0.4, 0.5) is 0 Å². The van der Waals surface area contributed by atoms with Crippen molar-refractivity contribution in [3.05, 3.63) is 22.6 Å². The van der Waals surface area contributed by atoms with Gasteiger partial charge in [0.05, 0.1) is 5.39 Å².